The fraction of sp³-hybridized carbons (Fsp3) is 0.500. The van der Waals surface area contributed by atoms with Crippen molar-refractivity contribution in [2.45, 2.75) is 6.18 Å². The predicted octanol–water partition coefficient (Wildman–Crippen LogP) is 0.367. The van der Waals surface area contributed by atoms with Crippen molar-refractivity contribution in [1.82, 2.24) is 0 Å². The monoisotopic (exact) mass is 303 g/mol. The Hall–Kier alpha value is 0.382. The van der Waals surface area contributed by atoms with Crippen LogP contribution >= 0.6 is 0 Å². The third-order valence-corrected chi connectivity index (χ3v) is 0.134. The van der Waals surface area contributed by atoms with E-state index >= 15 is 0 Å². The average Bonchev–Trinajstić information content (AvgIpc) is 1.35. The van der Waals surface area contributed by atoms with Crippen LogP contribution in [0.15, 0.2) is 0 Å². The normalized spacial score (nSPS) is 9.57. The summed E-state index contributed by atoms with van der Waals surface area (Å²) < 4.78 is 31.2. The summed E-state index contributed by atoms with van der Waals surface area (Å²) in [6, 6.07) is 0. The summed E-state index contributed by atoms with van der Waals surface area (Å²) in [5, 5.41) is 0. The number of carbonyl (C=O) groups excluding carboxylic acids is 1. The Balaban J connectivity index is 0. The molecule has 1 radical (unpaired) electrons. The van der Waals surface area contributed by atoms with E-state index in [9.17, 15) is 13.2 Å². The molecule has 0 saturated carbocycles. The Morgan fingerprint density at radius 2 is 1.43 bits per heavy atom. The largest absolute Gasteiger partial charge is 0.446 e. The summed E-state index contributed by atoms with van der Waals surface area (Å²) in [6.07, 6.45) is -5.70. The zero-order valence-corrected chi connectivity index (χ0v) is 7.69. The number of halogens is 3. The zero-order valence-electron chi connectivity index (χ0n) is 3.20. The van der Waals surface area contributed by atoms with Gasteiger partial charge in [-0.3, -0.25) is 4.79 Å². The molecule has 0 heterocycles. The maximum atomic E-state index is 10.4. The van der Waals surface area contributed by atoms with Gasteiger partial charge in [0.2, 0.25) is 6.29 Å². The topological polar surface area (TPSA) is 17.1 Å². The van der Waals surface area contributed by atoms with Crippen LogP contribution in [0.4, 0.5) is 13.2 Å². The van der Waals surface area contributed by atoms with Gasteiger partial charge in [-0.1, -0.05) is 0 Å². The molecule has 1 nitrogen and oxygen atoms in total. The quantitative estimate of drug-likeness (QED) is 0.467. The van der Waals surface area contributed by atoms with Gasteiger partial charge in [-0.25, -0.2) is 0 Å². The molecule has 0 rings (SSSR count). The molecule has 0 aromatic heterocycles. The number of aldehydes is 1. The maximum absolute atomic E-state index is 10.4. The molecule has 0 aliphatic rings. The molecular weight excluding hydrogens is 301 g/mol. The van der Waals surface area contributed by atoms with Crippen molar-refractivity contribution in [2.24, 2.45) is 0 Å². The summed E-state index contributed by atoms with van der Waals surface area (Å²) in [7, 11) is 0. The first kappa shape index (κ1) is 10.4. The second-order valence-corrected chi connectivity index (χ2v) is 0.659. The Kier molecular flexibility index (Phi) is 5.03. The van der Waals surface area contributed by atoms with Crippen LogP contribution in [-0.2, 0) is 4.79 Å². The van der Waals surface area contributed by atoms with Gasteiger partial charge in [-0.05, 0) is 0 Å². The van der Waals surface area contributed by atoms with Crippen LogP contribution in [0.3, 0.4) is 0 Å². The van der Waals surface area contributed by atoms with Gasteiger partial charge in [0.1, 0.15) is 0 Å². The van der Waals surface area contributed by atoms with Gasteiger partial charge in [0.25, 0.3) is 0 Å². The van der Waals surface area contributed by atoms with E-state index in [0.717, 1.165) is 0 Å². The van der Waals surface area contributed by atoms with Crippen molar-refractivity contribution in [3.63, 3.8) is 0 Å². The summed E-state index contributed by atoms with van der Waals surface area (Å²) in [4.78, 5) is 8.70. The first-order valence-electron chi connectivity index (χ1n) is 1.09. The first-order valence-corrected chi connectivity index (χ1v) is 1.09. The Morgan fingerprint density at radius 3 is 1.43 bits per heavy atom. The standard InChI is InChI=1S/C2HF3O.Tl/c3-2(4,5)1-6;/h1H;. The van der Waals surface area contributed by atoms with Gasteiger partial charge in [0.05, 0.1) is 0 Å². The summed E-state index contributed by atoms with van der Waals surface area (Å²) in [5.74, 6) is 0. The molecule has 0 aliphatic carbocycles. The Morgan fingerprint density at radius 1 is 1.29 bits per heavy atom. The molecule has 0 aromatic carbocycles. The molecule has 0 spiro atoms. The second-order valence-electron chi connectivity index (χ2n) is 0.659. The Labute approximate surface area is 58.0 Å². The summed E-state index contributed by atoms with van der Waals surface area (Å²) in [6.45, 7) is 0. The average molecular weight is 302 g/mol. The number of hydrogen-bond donors (Lipinski definition) is 0. The predicted molar refractivity (Wildman–Crippen MR) is 17.9 cm³/mol. The van der Waals surface area contributed by atoms with Crippen molar-refractivity contribution >= 4 is 33.6 Å². The van der Waals surface area contributed by atoms with E-state index in [0.29, 0.717) is 0 Å². The van der Waals surface area contributed by atoms with E-state index in [4.69, 9.17) is 4.79 Å². The van der Waals surface area contributed by atoms with Crippen molar-refractivity contribution in [3.05, 3.63) is 0 Å². The van der Waals surface area contributed by atoms with Gasteiger partial charge >= 0.3 is 6.18 Å². The van der Waals surface area contributed by atoms with Crippen molar-refractivity contribution in [2.75, 3.05) is 0 Å². The van der Waals surface area contributed by atoms with Crippen molar-refractivity contribution < 1.29 is 18.0 Å². The van der Waals surface area contributed by atoms with Crippen LogP contribution < -0.4 is 0 Å². The minimum Gasteiger partial charge on any atom is -0.293 e. The number of rotatable bonds is 0. The number of alkyl halides is 3. The van der Waals surface area contributed by atoms with E-state index in [1.54, 1.807) is 0 Å². The molecule has 0 aromatic rings. The maximum Gasteiger partial charge on any atom is 0.446 e. The van der Waals surface area contributed by atoms with Crippen LogP contribution in [0.2, 0.25) is 0 Å². The third kappa shape index (κ3) is 10.7. The van der Waals surface area contributed by atoms with Gasteiger partial charge in [-0.15, -0.1) is 0 Å². The molecule has 39 valence electrons. The fourth-order valence-electron chi connectivity index (χ4n) is 0. The van der Waals surface area contributed by atoms with E-state index in [2.05, 4.69) is 0 Å². The van der Waals surface area contributed by atoms with Crippen LogP contribution in [-0.4, -0.2) is 39.8 Å². The number of hydrogen-bond acceptors (Lipinski definition) is 1. The van der Waals surface area contributed by atoms with Gasteiger partial charge < -0.3 is 0 Å². The molecule has 0 saturated heterocycles. The molecule has 0 atom stereocenters. The molecule has 0 aliphatic heterocycles. The SMILES string of the molecule is O=CC(F)(F)F.[Tl]. The molecule has 0 amide bonds. The van der Waals surface area contributed by atoms with E-state index in [-0.39, 0.29) is 27.3 Å². The van der Waals surface area contributed by atoms with Crippen molar-refractivity contribution in [1.29, 1.82) is 0 Å². The minimum absolute atomic E-state index is 0. The molecule has 0 N–H and O–H groups in total. The molecule has 7 heavy (non-hydrogen) atoms. The Bertz CT molecular complexity index is 58.4. The van der Waals surface area contributed by atoms with Crippen LogP contribution in [0.5, 0.6) is 0 Å². The molecule has 0 unspecified atom stereocenters. The molecule has 5 heteroatoms. The summed E-state index contributed by atoms with van der Waals surface area (Å²) >= 11 is 0. The van der Waals surface area contributed by atoms with E-state index in [1.807, 2.05) is 0 Å². The smallest absolute Gasteiger partial charge is 0.293 e. The van der Waals surface area contributed by atoms with Crippen LogP contribution in [0, 0.1) is 0 Å². The molecule has 0 bridgehead atoms. The first-order chi connectivity index (χ1) is 2.56. The zero-order chi connectivity index (χ0) is 5.21. The summed E-state index contributed by atoms with van der Waals surface area (Å²) in [5.41, 5.74) is 0. The van der Waals surface area contributed by atoms with Gasteiger partial charge in [-0.2, -0.15) is 13.2 Å². The third-order valence-electron chi connectivity index (χ3n) is 0.134. The van der Waals surface area contributed by atoms with Gasteiger partial charge in [0.15, 0.2) is 0 Å². The molecular formula is C2HF3OTl. The number of carbonyl (C=O) groups is 1. The van der Waals surface area contributed by atoms with Crippen LogP contribution in [0.25, 0.3) is 0 Å². The minimum atomic E-state index is -4.64. The molecule has 0 fully saturated rings. The van der Waals surface area contributed by atoms with E-state index in [1.165, 1.54) is 0 Å². The van der Waals surface area contributed by atoms with E-state index < -0.39 is 12.5 Å². The van der Waals surface area contributed by atoms with Gasteiger partial charge in [0, 0.05) is 27.3 Å². The second kappa shape index (κ2) is 3.39. The van der Waals surface area contributed by atoms with Crippen molar-refractivity contribution in [3.8, 4) is 0 Å². The fourth-order valence-corrected chi connectivity index (χ4v) is 0. The van der Waals surface area contributed by atoms with Crippen LogP contribution in [0.1, 0.15) is 0 Å².